The van der Waals surface area contributed by atoms with E-state index in [-0.39, 0.29) is 24.8 Å². The van der Waals surface area contributed by atoms with Gasteiger partial charge >= 0.3 is 0 Å². The summed E-state index contributed by atoms with van der Waals surface area (Å²) >= 11 is 0. The first-order chi connectivity index (χ1) is 36.6. The molecule has 14 bridgehead atoms. The maximum atomic E-state index is 14.3. The lowest BCUT2D eigenvalue weighted by molar-refractivity contribution is -0.00706. The van der Waals surface area contributed by atoms with Gasteiger partial charge in [0, 0.05) is 61.3 Å². The maximum Gasteiger partial charge on any atom is 0.198 e. The Morgan fingerprint density at radius 2 is 0.541 bits per heavy atom. The van der Waals surface area contributed by atoms with Gasteiger partial charge in [0.25, 0.3) is 0 Å². The van der Waals surface area contributed by atoms with Crippen LogP contribution in [0, 0.1) is 0 Å². The number of ketones is 2. The second-order valence-electron chi connectivity index (χ2n) is 18.4. The van der Waals surface area contributed by atoms with Crippen LogP contribution in [0.1, 0.15) is 76.4 Å². The fourth-order valence-corrected chi connectivity index (χ4v) is 10.1. The van der Waals surface area contributed by atoms with Crippen LogP contribution in [0.25, 0.3) is 0 Å². The molecule has 2 N–H and O–H groups in total. The highest BCUT2D eigenvalue weighted by molar-refractivity contribution is 6.31. The van der Waals surface area contributed by atoms with Crippen LogP contribution in [-0.4, -0.2) is 130 Å². The molecule has 3 aliphatic heterocycles. The second-order valence-corrected chi connectivity index (χ2v) is 18.4. The molecule has 3 heterocycles. The summed E-state index contributed by atoms with van der Waals surface area (Å²) < 4.78 is 63.1. The number of anilines is 2. The summed E-state index contributed by atoms with van der Waals surface area (Å²) in [6, 6.07) is 36.0. The number of benzene rings is 6. The first-order valence-electron chi connectivity index (χ1n) is 25.8. The van der Waals surface area contributed by atoms with Crippen molar-refractivity contribution in [3.63, 3.8) is 0 Å². The van der Waals surface area contributed by atoms with E-state index in [1.165, 1.54) is 0 Å². The number of para-hydroxylation sites is 4. The normalized spacial score (nSPS) is 17.7. The van der Waals surface area contributed by atoms with Crippen LogP contribution < -0.4 is 29.6 Å². The largest absolute Gasteiger partial charge is 0.491 e. The van der Waals surface area contributed by atoms with Crippen molar-refractivity contribution in [2.24, 2.45) is 0 Å². The lowest BCUT2D eigenvalue weighted by Crippen LogP contribution is -2.25. The van der Waals surface area contributed by atoms with Crippen LogP contribution in [0.3, 0.4) is 0 Å². The van der Waals surface area contributed by atoms with Crippen molar-refractivity contribution in [1.29, 1.82) is 0 Å². The first-order valence-corrected chi connectivity index (χ1v) is 25.8. The summed E-state index contributed by atoms with van der Waals surface area (Å²) in [5.41, 5.74) is 10.6. The summed E-state index contributed by atoms with van der Waals surface area (Å²) in [7, 11) is 0. The summed E-state index contributed by atoms with van der Waals surface area (Å²) in [5, 5.41) is 6.76. The van der Waals surface area contributed by atoms with Gasteiger partial charge in [-0.25, -0.2) is 0 Å². The third-order valence-electron chi connectivity index (χ3n) is 13.4. The Morgan fingerprint density at radius 1 is 0.284 bits per heavy atom. The van der Waals surface area contributed by atoms with E-state index in [2.05, 4.69) is 83.4 Å². The molecule has 0 unspecified atom stereocenters. The monoisotopic (exact) mass is 1000 g/mol. The van der Waals surface area contributed by atoms with Gasteiger partial charge in [0.1, 0.15) is 49.4 Å². The average molecular weight is 1010 g/mol. The highest BCUT2D eigenvalue weighted by Gasteiger charge is 2.34. The molecule has 5 aliphatic rings. The maximum absolute atomic E-state index is 14.3. The first kappa shape index (κ1) is 50.7. The van der Waals surface area contributed by atoms with Gasteiger partial charge < -0.3 is 58.0 Å². The van der Waals surface area contributed by atoms with E-state index in [1.807, 2.05) is 12.1 Å². The minimum atomic E-state index is -0.217. The molecule has 74 heavy (non-hydrogen) atoms. The van der Waals surface area contributed by atoms with Crippen LogP contribution in [-0.2, 0) is 54.1 Å². The van der Waals surface area contributed by atoms with Gasteiger partial charge in [-0.05, 0) is 56.6 Å². The number of ether oxygens (including phenoxy) is 10. The van der Waals surface area contributed by atoms with Gasteiger partial charge in [0.15, 0.2) is 11.6 Å². The van der Waals surface area contributed by atoms with Crippen LogP contribution in [0.15, 0.2) is 109 Å². The molecule has 0 radical (unpaired) electrons. The Morgan fingerprint density at radius 3 is 0.838 bits per heavy atom. The van der Waals surface area contributed by atoms with Gasteiger partial charge in [-0.1, -0.05) is 97.1 Å². The Balaban J connectivity index is 1.03. The van der Waals surface area contributed by atoms with E-state index in [9.17, 15) is 9.59 Å². The number of hydrogen-bond acceptors (Lipinski definition) is 14. The lowest BCUT2D eigenvalue weighted by atomic mass is 9.82. The molecule has 11 rings (SSSR count). The van der Waals surface area contributed by atoms with E-state index in [4.69, 9.17) is 47.4 Å². The summed E-state index contributed by atoms with van der Waals surface area (Å²) in [5.74, 6) is 2.73. The third-order valence-corrected chi connectivity index (χ3v) is 13.4. The van der Waals surface area contributed by atoms with Crippen molar-refractivity contribution in [2.75, 3.05) is 129 Å². The average Bonchev–Trinajstić information content (AvgIpc) is 3.41. The van der Waals surface area contributed by atoms with Gasteiger partial charge in [0.05, 0.1) is 90.4 Å². The quantitative estimate of drug-likeness (QED) is 0.140. The van der Waals surface area contributed by atoms with Gasteiger partial charge in [-0.3, -0.25) is 9.59 Å². The number of nitrogens with one attached hydrogen (secondary N) is 2. The van der Waals surface area contributed by atoms with Crippen molar-refractivity contribution in [2.45, 2.75) is 25.7 Å². The molecule has 0 fully saturated rings. The predicted molar refractivity (Wildman–Crippen MR) is 281 cm³/mol. The molecule has 14 heteroatoms. The highest BCUT2D eigenvalue weighted by Crippen LogP contribution is 2.40. The smallest absolute Gasteiger partial charge is 0.198 e. The number of carbonyl (C=O) groups is 2. The molecule has 6 aromatic rings. The van der Waals surface area contributed by atoms with Crippen molar-refractivity contribution >= 4 is 22.9 Å². The van der Waals surface area contributed by atoms with Crippen LogP contribution in [0.4, 0.5) is 11.4 Å². The van der Waals surface area contributed by atoms with Crippen molar-refractivity contribution in [3.05, 3.63) is 176 Å². The van der Waals surface area contributed by atoms with Crippen molar-refractivity contribution < 1.29 is 57.0 Å². The Bertz CT molecular complexity index is 2630. The summed E-state index contributed by atoms with van der Waals surface area (Å²) in [4.78, 5) is 28.2. The second kappa shape index (κ2) is 25.4. The molecular formula is C60H64N2O12. The fraction of sp³-hybridized carbons (Fsp3) is 0.367. The fourth-order valence-electron chi connectivity index (χ4n) is 10.1. The molecule has 0 aromatic heterocycles. The number of carbonyl (C=O) groups excluding carboxylic acids is 2. The predicted octanol–water partition coefficient (Wildman–Crippen LogP) is 8.30. The van der Waals surface area contributed by atoms with Crippen LogP contribution in [0.2, 0.25) is 0 Å². The Labute approximate surface area is 432 Å². The lowest BCUT2D eigenvalue weighted by Gasteiger charge is -2.23. The van der Waals surface area contributed by atoms with E-state index in [1.54, 1.807) is 24.3 Å². The standard InChI is InChI=1S/C60H64N2O12/c63-55-49-15-5-17-51-53(49)56(64)54-50(55)16-6-18-52(54)62-20-22-66-30-34-72-58-43-9-2-10-44(58)40-48-14-4-12-46-38-42-8-1-7-41(57(42)71-33-29-65-21-19-61-51)37-45-11-3-13-47(39-43)59(45)73-35-31-69-27-25-67-23-24-68-26-28-70-32-36-74-60(46)48/h1-18,61-62H,19-40H2. The van der Waals surface area contributed by atoms with E-state index >= 15 is 0 Å². The third kappa shape index (κ3) is 12.2. The SMILES string of the molecule is O=C1c2cccc3c2C(=O)c2c(cccc21)NCCOCCOc1c2cccc1Cc1cccc4c1OCCOCCOCCOCCOCCOc1c(cccc1C2)Cc1cccc(c1OCCOCCN3)C4. The molecule has 0 saturated heterocycles. The Kier molecular flexibility index (Phi) is 17.4. The summed E-state index contributed by atoms with van der Waals surface area (Å²) in [6.45, 7) is 6.73. The van der Waals surface area contributed by atoms with E-state index in [0.717, 1.165) is 67.5 Å². The molecule has 2 aliphatic carbocycles. The minimum absolute atomic E-state index is 0.192. The van der Waals surface area contributed by atoms with Gasteiger partial charge in [0.2, 0.25) is 0 Å². The molecule has 0 saturated carbocycles. The zero-order chi connectivity index (χ0) is 50.3. The van der Waals surface area contributed by atoms with Gasteiger partial charge in [-0.15, -0.1) is 0 Å². The summed E-state index contributed by atoms with van der Waals surface area (Å²) in [6.07, 6.45) is 2.11. The molecule has 6 aromatic carbocycles. The molecule has 386 valence electrons. The molecule has 0 atom stereocenters. The van der Waals surface area contributed by atoms with Crippen LogP contribution in [0.5, 0.6) is 23.0 Å². The zero-order valence-electron chi connectivity index (χ0n) is 41.8. The van der Waals surface area contributed by atoms with Gasteiger partial charge in [-0.2, -0.15) is 0 Å². The highest BCUT2D eigenvalue weighted by atomic mass is 16.6. The molecular weight excluding hydrogens is 941 g/mol. The topological polar surface area (TPSA) is 151 Å². The van der Waals surface area contributed by atoms with E-state index < -0.39 is 0 Å². The van der Waals surface area contributed by atoms with E-state index in [0.29, 0.717) is 165 Å². The van der Waals surface area contributed by atoms with Crippen LogP contribution >= 0.6 is 0 Å². The minimum Gasteiger partial charge on any atom is -0.491 e. The Hall–Kier alpha value is -6.78. The molecule has 0 spiro atoms. The number of rotatable bonds is 0. The zero-order valence-corrected chi connectivity index (χ0v) is 41.8. The van der Waals surface area contributed by atoms with Crippen molar-refractivity contribution in [1.82, 2.24) is 0 Å². The molecule has 0 amide bonds. The van der Waals surface area contributed by atoms with Crippen molar-refractivity contribution in [3.8, 4) is 23.0 Å². The molecule has 14 nitrogen and oxygen atoms in total. The number of hydrogen-bond donors (Lipinski definition) is 2. The number of fused-ring (bicyclic) bond motifs is 12.